The van der Waals surface area contributed by atoms with Gasteiger partial charge in [0.1, 0.15) is 0 Å². The number of nitrogens with zero attached hydrogens (tertiary/aromatic N) is 1. The second-order valence-electron chi connectivity index (χ2n) is 2.19. The fraction of sp³-hybridized carbons (Fsp3) is 0.833. The first kappa shape index (κ1) is 9.87. The van der Waals surface area contributed by atoms with Crippen LogP contribution in [0.1, 0.15) is 19.8 Å². The van der Waals surface area contributed by atoms with E-state index < -0.39 is 17.4 Å². The number of rotatable bonds is 5. The van der Waals surface area contributed by atoms with Gasteiger partial charge in [-0.1, -0.05) is 13.3 Å². The van der Waals surface area contributed by atoms with Crippen molar-refractivity contribution < 1.29 is 9.72 Å². The van der Waals surface area contributed by atoms with Gasteiger partial charge in [-0.05, 0) is 6.42 Å². The summed E-state index contributed by atoms with van der Waals surface area (Å²) in [6.45, 7) is 1.90. The molecule has 0 aliphatic carbocycles. The molecule has 0 aliphatic rings. The minimum absolute atomic E-state index is 0.511. The van der Waals surface area contributed by atoms with Gasteiger partial charge in [-0.25, -0.2) is 0 Å². The highest BCUT2D eigenvalue weighted by molar-refractivity contribution is 5.76. The van der Waals surface area contributed by atoms with Crippen LogP contribution in [0.2, 0.25) is 0 Å². The zero-order chi connectivity index (χ0) is 8.69. The summed E-state index contributed by atoms with van der Waals surface area (Å²) in [6, 6.07) is 0. The lowest BCUT2D eigenvalue weighted by Gasteiger charge is -1.98. The van der Waals surface area contributed by atoms with Crippen molar-refractivity contribution in [2.45, 2.75) is 19.8 Å². The number of nitrogens with one attached hydrogen (secondary N) is 1. The number of unbranched alkanes of at least 4 members (excludes halogenated alkanes) is 1. The van der Waals surface area contributed by atoms with Gasteiger partial charge in [-0.2, -0.15) is 0 Å². The van der Waals surface area contributed by atoms with Crippen LogP contribution in [-0.2, 0) is 4.79 Å². The maximum Gasteiger partial charge on any atom is 0.291 e. The molecule has 0 radical (unpaired) electrons. The zero-order valence-electron chi connectivity index (χ0n) is 6.50. The van der Waals surface area contributed by atoms with Crippen LogP contribution in [0.3, 0.4) is 0 Å². The third kappa shape index (κ3) is 6.76. The lowest BCUT2D eigenvalue weighted by Crippen LogP contribution is -2.30. The Labute approximate surface area is 64.9 Å². The zero-order valence-corrected chi connectivity index (χ0v) is 6.50. The van der Waals surface area contributed by atoms with Crippen molar-refractivity contribution in [1.29, 1.82) is 0 Å². The molecule has 0 fully saturated rings. The van der Waals surface area contributed by atoms with Crippen LogP contribution in [0.4, 0.5) is 0 Å². The van der Waals surface area contributed by atoms with E-state index in [1.54, 1.807) is 0 Å². The molecule has 0 rings (SSSR count). The number of amides is 1. The molecule has 0 bridgehead atoms. The average Bonchev–Trinajstić information content (AvgIpc) is 1.86. The van der Waals surface area contributed by atoms with Crippen LogP contribution in [0.5, 0.6) is 0 Å². The number of carbonyl (C=O) groups is 1. The largest absolute Gasteiger partial charge is 0.350 e. The van der Waals surface area contributed by atoms with Crippen LogP contribution in [-0.4, -0.2) is 23.9 Å². The van der Waals surface area contributed by atoms with E-state index in [-0.39, 0.29) is 0 Å². The van der Waals surface area contributed by atoms with Crippen molar-refractivity contribution in [1.82, 2.24) is 5.32 Å². The smallest absolute Gasteiger partial charge is 0.291 e. The van der Waals surface area contributed by atoms with E-state index in [1.165, 1.54) is 0 Å². The summed E-state index contributed by atoms with van der Waals surface area (Å²) in [7, 11) is 0. The fourth-order valence-electron chi connectivity index (χ4n) is 0.578. The molecule has 64 valence electrons. The van der Waals surface area contributed by atoms with E-state index in [0.717, 1.165) is 12.8 Å². The Bertz CT molecular complexity index is 147. The SMILES string of the molecule is CCCCNC(=O)C[N+](=O)[O-]. The number of carbonyl (C=O) groups excluding carboxylic acids is 1. The van der Waals surface area contributed by atoms with Crippen molar-refractivity contribution >= 4 is 5.91 Å². The third-order valence-corrected chi connectivity index (χ3v) is 1.13. The number of hydrogen-bond donors (Lipinski definition) is 1. The maximum atomic E-state index is 10.6. The molecular weight excluding hydrogens is 148 g/mol. The van der Waals surface area contributed by atoms with E-state index in [9.17, 15) is 14.9 Å². The van der Waals surface area contributed by atoms with Gasteiger partial charge in [0.15, 0.2) is 0 Å². The summed E-state index contributed by atoms with van der Waals surface area (Å²) >= 11 is 0. The molecule has 1 amide bonds. The molecular formula is C6H12N2O3. The normalized spacial score (nSPS) is 9.18. The topological polar surface area (TPSA) is 72.2 Å². The van der Waals surface area contributed by atoms with Gasteiger partial charge in [-0.15, -0.1) is 0 Å². The van der Waals surface area contributed by atoms with Gasteiger partial charge in [0, 0.05) is 11.5 Å². The summed E-state index contributed by atoms with van der Waals surface area (Å²) in [5, 5.41) is 12.2. The van der Waals surface area contributed by atoms with Crippen molar-refractivity contribution in [2.24, 2.45) is 0 Å². The summed E-state index contributed by atoms with van der Waals surface area (Å²) in [6.07, 6.45) is 1.84. The predicted octanol–water partition coefficient (Wildman–Crippen LogP) is 0.179. The highest BCUT2D eigenvalue weighted by Gasteiger charge is 2.06. The Morgan fingerprint density at radius 1 is 1.64 bits per heavy atom. The van der Waals surface area contributed by atoms with E-state index >= 15 is 0 Å². The summed E-state index contributed by atoms with van der Waals surface area (Å²) in [5.41, 5.74) is 0. The predicted molar refractivity (Wildman–Crippen MR) is 39.8 cm³/mol. The van der Waals surface area contributed by atoms with Crippen molar-refractivity contribution in [3.63, 3.8) is 0 Å². The van der Waals surface area contributed by atoms with Crippen LogP contribution in [0.25, 0.3) is 0 Å². The number of hydrogen-bond acceptors (Lipinski definition) is 3. The summed E-state index contributed by atoms with van der Waals surface area (Å²) in [4.78, 5) is 19.7. The highest BCUT2D eigenvalue weighted by atomic mass is 16.6. The molecule has 0 saturated heterocycles. The van der Waals surface area contributed by atoms with Gasteiger partial charge >= 0.3 is 0 Å². The summed E-state index contributed by atoms with van der Waals surface area (Å²) in [5.74, 6) is -0.511. The molecule has 5 nitrogen and oxygen atoms in total. The molecule has 0 heterocycles. The lowest BCUT2D eigenvalue weighted by atomic mass is 10.3. The van der Waals surface area contributed by atoms with E-state index in [0.29, 0.717) is 6.54 Å². The molecule has 5 heteroatoms. The molecule has 0 spiro atoms. The van der Waals surface area contributed by atoms with E-state index in [4.69, 9.17) is 0 Å². The van der Waals surface area contributed by atoms with Crippen LogP contribution >= 0.6 is 0 Å². The third-order valence-electron chi connectivity index (χ3n) is 1.13. The molecule has 0 unspecified atom stereocenters. The fourth-order valence-corrected chi connectivity index (χ4v) is 0.578. The van der Waals surface area contributed by atoms with Gasteiger partial charge in [-0.3, -0.25) is 14.9 Å². The molecule has 0 saturated carbocycles. The lowest BCUT2D eigenvalue weighted by molar-refractivity contribution is -0.467. The molecule has 0 aromatic carbocycles. The van der Waals surface area contributed by atoms with Gasteiger partial charge in [0.05, 0.1) is 0 Å². The Balaban J connectivity index is 3.30. The minimum atomic E-state index is -0.638. The Hall–Kier alpha value is -1.13. The molecule has 0 aromatic heterocycles. The first-order chi connectivity index (χ1) is 5.16. The van der Waals surface area contributed by atoms with E-state index in [2.05, 4.69) is 5.32 Å². The average molecular weight is 160 g/mol. The number of nitro groups is 1. The highest BCUT2D eigenvalue weighted by Crippen LogP contribution is 1.82. The van der Waals surface area contributed by atoms with Crippen LogP contribution in [0, 0.1) is 10.1 Å². The summed E-state index contributed by atoms with van der Waals surface area (Å²) < 4.78 is 0. The van der Waals surface area contributed by atoms with Crippen LogP contribution in [0.15, 0.2) is 0 Å². The van der Waals surface area contributed by atoms with Crippen molar-refractivity contribution in [2.75, 3.05) is 13.1 Å². The second-order valence-corrected chi connectivity index (χ2v) is 2.19. The molecule has 0 atom stereocenters. The molecule has 0 aromatic rings. The molecule has 0 aliphatic heterocycles. The second kappa shape index (κ2) is 5.64. The van der Waals surface area contributed by atoms with E-state index in [1.807, 2.05) is 6.92 Å². The van der Waals surface area contributed by atoms with Crippen molar-refractivity contribution in [3.05, 3.63) is 10.1 Å². The Morgan fingerprint density at radius 2 is 2.27 bits per heavy atom. The molecule has 1 N–H and O–H groups in total. The minimum Gasteiger partial charge on any atom is -0.350 e. The Kier molecular flexibility index (Phi) is 5.06. The Morgan fingerprint density at radius 3 is 2.73 bits per heavy atom. The first-order valence-corrected chi connectivity index (χ1v) is 3.55. The maximum absolute atomic E-state index is 10.6. The van der Waals surface area contributed by atoms with Crippen LogP contribution < -0.4 is 5.32 Å². The molecule has 11 heavy (non-hydrogen) atoms. The standard InChI is InChI=1S/C6H12N2O3/c1-2-3-4-7-6(9)5-8(10)11/h2-5H2,1H3,(H,7,9). The van der Waals surface area contributed by atoms with Crippen molar-refractivity contribution in [3.8, 4) is 0 Å². The monoisotopic (exact) mass is 160 g/mol. The first-order valence-electron chi connectivity index (χ1n) is 3.55. The van der Waals surface area contributed by atoms with Gasteiger partial charge in [0.2, 0.25) is 0 Å². The quantitative estimate of drug-likeness (QED) is 0.354. The van der Waals surface area contributed by atoms with Gasteiger partial charge in [0.25, 0.3) is 12.5 Å². The van der Waals surface area contributed by atoms with Gasteiger partial charge < -0.3 is 5.32 Å².